The zero-order valence-corrected chi connectivity index (χ0v) is 37.9. The lowest BCUT2D eigenvalue weighted by Crippen LogP contribution is -2.30. The van der Waals surface area contributed by atoms with E-state index in [9.17, 15) is 14.4 Å². The summed E-state index contributed by atoms with van der Waals surface area (Å²) in [5.41, 5.74) is 0. The zero-order chi connectivity index (χ0) is 41.5. The number of allylic oxidation sites excluding steroid dienone is 6. The summed E-state index contributed by atoms with van der Waals surface area (Å²) in [5, 5.41) is 0. The summed E-state index contributed by atoms with van der Waals surface area (Å²) in [4.78, 5) is 37.7. The molecule has 0 aromatic carbocycles. The van der Waals surface area contributed by atoms with Crippen LogP contribution in [0.2, 0.25) is 0 Å². The molecule has 0 aliphatic carbocycles. The molecule has 0 saturated carbocycles. The molecule has 0 aromatic rings. The van der Waals surface area contributed by atoms with Crippen LogP contribution < -0.4 is 0 Å². The minimum atomic E-state index is -0.775. The van der Waals surface area contributed by atoms with E-state index in [4.69, 9.17) is 14.2 Å². The molecule has 0 aromatic heterocycles. The lowest BCUT2D eigenvalue weighted by molar-refractivity contribution is -0.167. The number of ether oxygens (including phenoxy) is 3. The van der Waals surface area contributed by atoms with Crippen LogP contribution >= 0.6 is 0 Å². The highest BCUT2D eigenvalue weighted by atomic mass is 16.6. The quantitative estimate of drug-likeness (QED) is 0.0264. The summed E-state index contributed by atoms with van der Waals surface area (Å²) >= 11 is 0. The number of carbonyl (C=O) groups is 3. The van der Waals surface area contributed by atoms with Crippen molar-refractivity contribution < 1.29 is 28.6 Å². The summed E-state index contributed by atoms with van der Waals surface area (Å²) in [5.74, 6) is -0.896. The molecule has 0 amide bonds. The predicted octanol–water partition coefficient (Wildman–Crippen LogP) is 15.8. The van der Waals surface area contributed by atoms with Crippen molar-refractivity contribution in [2.75, 3.05) is 13.2 Å². The molecule has 0 N–H and O–H groups in total. The predicted molar refractivity (Wildman–Crippen MR) is 242 cm³/mol. The summed E-state index contributed by atoms with van der Waals surface area (Å²) < 4.78 is 16.7. The van der Waals surface area contributed by atoms with E-state index >= 15 is 0 Å². The Kier molecular flexibility index (Phi) is 44.4. The number of carbonyl (C=O) groups excluding carboxylic acids is 3. The average Bonchev–Trinajstić information content (AvgIpc) is 3.21. The molecule has 0 aliphatic heterocycles. The van der Waals surface area contributed by atoms with Gasteiger partial charge in [-0.3, -0.25) is 14.4 Å². The Bertz CT molecular complexity index is 969. The van der Waals surface area contributed by atoms with Crippen LogP contribution in [0, 0.1) is 0 Å². The normalized spacial score (nSPS) is 12.3. The lowest BCUT2D eigenvalue weighted by Gasteiger charge is -2.18. The van der Waals surface area contributed by atoms with Crippen LogP contribution in [0.5, 0.6) is 0 Å². The Morgan fingerprint density at radius 1 is 0.351 bits per heavy atom. The van der Waals surface area contributed by atoms with Crippen LogP contribution in [0.25, 0.3) is 0 Å². The molecule has 0 radical (unpaired) electrons. The van der Waals surface area contributed by atoms with E-state index in [1.54, 1.807) is 0 Å². The van der Waals surface area contributed by atoms with E-state index in [0.29, 0.717) is 19.3 Å². The molecule has 0 fully saturated rings. The van der Waals surface area contributed by atoms with Crippen LogP contribution in [0.15, 0.2) is 36.5 Å². The number of esters is 3. The number of hydrogen-bond donors (Lipinski definition) is 0. The van der Waals surface area contributed by atoms with Gasteiger partial charge < -0.3 is 14.2 Å². The second-order valence-corrected chi connectivity index (χ2v) is 16.4. The Balaban J connectivity index is 4.29. The zero-order valence-electron chi connectivity index (χ0n) is 37.9. The molecule has 0 rings (SSSR count). The second kappa shape index (κ2) is 46.3. The van der Waals surface area contributed by atoms with Crippen molar-refractivity contribution in [2.24, 2.45) is 0 Å². The smallest absolute Gasteiger partial charge is 0.306 e. The standard InChI is InChI=1S/C51H92O6/c1-4-7-10-13-16-19-21-23-24-25-26-27-29-30-32-35-38-41-44-50(53)56-47-48(46-55-49(52)43-40-37-34-18-15-12-9-6-3)57-51(54)45-42-39-36-33-31-28-22-20-17-14-11-8-5-2/h11,14,20,22,24-25,48H,4-10,12-13,15-19,21,23,26-47H2,1-3H3/b14-11-,22-20-,25-24-. The molecule has 57 heavy (non-hydrogen) atoms. The van der Waals surface area contributed by atoms with Crippen molar-refractivity contribution in [1.82, 2.24) is 0 Å². The molecule has 0 aliphatic rings. The van der Waals surface area contributed by atoms with Gasteiger partial charge in [0.1, 0.15) is 13.2 Å². The van der Waals surface area contributed by atoms with Crippen molar-refractivity contribution in [3.05, 3.63) is 36.5 Å². The molecule has 0 spiro atoms. The molecule has 6 nitrogen and oxygen atoms in total. The maximum Gasteiger partial charge on any atom is 0.306 e. The molecule has 0 bridgehead atoms. The van der Waals surface area contributed by atoms with Gasteiger partial charge in [-0.1, -0.05) is 198 Å². The van der Waals surface area contributed by atoms with Gasteiger partial charge in [-0.25, -0.2) is 0 Å². The molecular weight excluding hydrogens is 709 g/mol. The van der Waals surface area contributed by atoms with Crippen LogP contribution in [-0.4, -0.2) is 37.2 Å². The Morgan fingerprint density at radius 3 is 1.05 bits per heavy atom. The SMILES string of the molecule is CCC/C=C\C/C=C\CCCCCCCC(=O)OC(COC(=O)CCCCCCCCCC)COC(=O)CCCCCCCCC/C=C\CCCCCCCCC. The maximum absolute atomic E-state index is 12.7. The van der Waals surface area contributed by atoms with Gasteiger partial charge in [-0.05, 0) is 70.6 Å². The summed E-state index contributed by atoms with van der Waals surface area (Å²) in [6.45, 7) is 6.53. The molecule has 0 heterocycles. The summed E-state index contributed by atoms with van der Waals surface area (Å²) in [6.07, 6.45) is 52.8. The van der Waals surface area contributed by atoms with Gasteiger partial charge in [0.15, 0.2) is 6.10 Å². The third-order valence-electron chi connectivity index (χ3n) is 10.6. The van der Waals surface area contributed by atoms with Crippen LogP contribution in [0.4, 0.5) is 0 Å². The van der Waals surface area contributed by atoms with E-state index < -0.39 is 6.10 Å². The number of hydrogen-bond acceptors (Lipinski definition) is 6. The van der Waals surface area contributed by atoms with Gasteiger partial charge in [-0.15, -0.1) is 0 Å². The van der Waals surface area contributed by atoms with Crippen molar-refractivity contribution in [2.45, 2.75) is 258 Å². The van der Waals surface area contributed by atoms with Gasteiger partial charge in [0.2, 0.25) is 0 Å². The first-order valence-corrected chi connectivity index (χ1v) is 24.5. The summed E-state index contributed by atoms with van der Waals surface area (Å²) in [7, 11) is 0. The van der Waals surface area contributed by atoms with Crippen molar-refractivity contribution in [3.63, 3.8) is 0 Å². The highest BCUT2D eigenvalue weighted by Crippen LogP contribution is 2.14. The van der Waals surface area contributed by atoms with E-state index in [0.717, 1.165) is 89.9 Å². The van der Waals surface area contributed by atoms with E-state index in [-0.39, 0.29) is 31.1 Å². The van der Waals surface area contributed by atoms with Crippen molar-refractivity contribution in [3.8, 4) is 0 Å². The van der Waals surface area contributed by atoms with Crippen LogP contribution in [-0.2, 0) is 28.6 Å². The Labute approximate surface area is 353 Å². The monoisotopic (exact) mass is 801 g/mol. The molecule has 0 saturated heterocycles. The Hall–Kier alpha value is -2.37. The van der Waals surface area contributed by atoms with Gasteiger partial charge in [0.25, 0.3) is 0 Å². The molecular formula is C51H92O6. The first-order valence-electron chi connectivity index (χ1n) is 24.5. The van der Waals surface area contributed by atoms with E-state index in [2.05, 4.69) is 57.2 Å². The second-order valence-electron chi connectivity index (χ2n) is 16.4. The summed E-state index contributed by atoms with van der Waals surface area (Å²) in [6, 6.07) is 0. The van der Waals surface area contributed by atoms with E-state index in [1.807, 2.05) is 0 Å². The number of unbranched alkanes of at least 4 members (excludes halogenated alkanes) is 27. The fourth-order valence-corrected chi connectivity index (χ4v) is 6.89. The first kappa shape index (κ1) is 54.6. The topological polar surface area (TPSA) is 78.9 Å². The molecule has 1 atom stereocenters. The number of rotatable bonds is 44. The minimum absolute atomic E-state index is 0.0776. The van der Waals surface area contributed by atoms with Gasteiger partial charge in [0, 0.05) is 19.3 Å². The Morgan fingerprint density at radius 2 is 0.667 bits per heavy atom. The highest BCUT2D eigenvalue weighted by molar-refractivity contribution is 5.71. The van der Waals surface area contributed by atoms with Crippen molar-refractivity contribution in [1.29, 1.82) is 0 Å². The third kappa shape index (κ3) is 44.6. The fourth-order valence-electron chi connectivity index (χ4n) is 6.89. The average molecular weight is 801 g/mol. The van der Waals surface area contributed by atoms with Crippen molar-refractivity contribution >= 4 is 17.9 Å². The van der Waals surface area contributed by atoms with E-state index in [1.165, 1.54) is 122 Å². The fraction of sp³-hybridized carbons (Fsp3) is 0.824. The van der Waals surface area contributed by atoms with Gasteiger partial charge in [0.05, 0.1) is 0 Å². The molecule has 332 valence electrons. The minimum Gasteiger partial charge on any atom is -0.462 e. The molecule has 6 heteroatoms. The van der Waals surface area contributed by atoms with Crippen LogP contribution in [0.3, 0.4) is 0 Å². The lowest BCUT2D eigenvalue weighted by atomic mass is 10.1. The third-order valence-corrected chi connectivity index (χ3v) is 10.6. The van der Waals surface area contributed by atoms with Gasteiger partial charge in [-0.2, -0.15) is 0 Å². The highest BCUT2D eigenvalue weighted by Gasteiger charge is 2.19. The molecule has 1 unspecified atom stereocenters. The largest absolute Gasteiger partial charge is 0.462 e. The maximum atomic E-state index is 12.7. The van der Waals surface area contributed by atoms with Gasteiger partial charge >= 0.3 is 17.9 Å². The van der Waals surface area contributed by atoms with Crippen LogP contribution in [0.1, 0.15) is 252 Å². The first-order chi connectivity index (χ1) is 28.0.